The van der Waals surface area contributed by atoms with Crippen LogP contribution < -0.4 is 4.74 Å². The Labute approximate surface area is 90.3 Å². The molecule has 1 aromatic carbocycles. The van der Waals surface area contributed by atoms with Crippen molar-refractivity contribution in [1.82, 2.24) is 0 Å². The van der Waals surface area contributed by atoms with E-state index in [0.717, 1.165) is 5.56 Å². The molecule has 0 aliphatic heterocycles. The van der Waals surface area contributed by atoms with E-state index in [1.807, 2.05) is 19.9 Å². The van der Waals surface area contributed by atoms with Gasteiger partial charge in [-0.05, 0) is 30.5 Å². The molecule has 0 bridgehead atoms. The smallest absolute Gasteiger partial charge is 0.166 e. The molecule has 84 valence electrons. The van der Waals surface area contributed by atoms with Gasteiger partial charge >= 0.3 is 0 Å². The summed E-state index contributed by atoms with van der Waals surface area (Å²) in [6.45, 7) is 5.72. The largest absolute Gasteiger partial charge is 0.504 e. The van der Waals surface area contributed by atoms with E-state index < -0.39 is 6.10 Å². The highest BCUT2D eigenvalue weighted by atomic mass is 16.5. The lowest BCUT2D eigenvalue weighted by molar-refractivity contribution is 0.193. The van der Waals surface area contributed by atoms with Crippen molar-refractivity contribution >= 4 is 0 Å². The molecule has 0 heterocycles. The van der Waals surface area contributed by atoms with Crippen molar-refractivity contribution in [2.75, 3.05) is 7.11 Å². The van der Waals surface area contributed by atoms with Crippen LogP contribution in [0.2, 0.25) is 0 Å². The first-order valence-corrected chi connectivity index (χ1v) is 5.06. The van der Waals surface area contributed by atoms with Gasteiger partial charge in [-0.25, -0.2) is 0 Å². The summed E-state index contributed by atoms with van der Waals surface area (Å²) >= 11 is 0. The molecule has 1 rings (SSSR count). The van der Waals surface area contributed by atoms with E-state index in [0.29, 0.717) is 17.2 Å². The Bertz CT molecular complexity index is 343. The number of ether oxygens (including phenoxy) is 1. The minimum Gasteiger partial charge on any atom is -0.504 e. The van der Waals surface area contributed by atoms with Gasteiger partial charge in [0.1, 0.15) is 0 Å². The Kier molecular flexibility index (Phi) is 3.58. The number of phenolic OH excluding ortho intramolecular Hbond substituents is 1. The van der Waals surface area contributed by atoms with Gasteiger partial charge in [-0.2, -0.15) is 0 Å². The van der Waals surface area contributed by atoms with Crippen LogP contribution in [0, 0.1) is 0 Å². The van der Waals surface area contributed by atoms with E-state index in [4.69, 9.17) is 4.74 Å². The summed E-state index contributed by atoms with van der Waals surface area (Å²) in [6.07, 6.45) is -0.649. The van der Waals surface area contributed by atoms with E-state index in [9.17, 15) is 10.2 Å². The minimum absolute atomic E-state index is 0.0830. The molecule has 0 aromatic heterocycles. The number of methoxy groups -OCH3 is 1. The quantitative estimate of drug-likeness (QED) is 0.806. The lowest BCUT2D eigenvalue weighted by Crippen LogP contribution is -1.99. The SMILES string of the molecule is COc1c(O)cc(C(C)C)cc1C(C)O. The first-order chi connectivity index (χ1) is 6.97. The summed E-state index contributed by atoms with van der Waals surface area (Å²) in [6, 6.07) is 3.54. The summed E-state index contributed by atoms with van der Waals surface area (Å²) in [5, 5.41) is 19.3. The topological polar surface area (TPSA) is 49.7 Å². The molecule has 0 spiro atoms. The van der Waals surface area contributed by atoms with Gasteiger partial charge < -0.3 is 14.9 Å². The van der Waals surface area contributed by atoms with Gasteiger partial charge in [0.15, 0.2) is 11.5 Å². The molecule has 1 atom stereocenters. The minimum atomic E-state index is -0.649. The molecule has 1 unspecified atom stereocenters. The number of phenols is 1. The Morgan fingerprint density at radius 1 is 1.20 bits per heavy atom. The van der Waals surface area contributed by atoms with Crippen molar-refractivity contribution < 1.29 is 14.9 Å². The van der Waals surface area contributed by atoms with E-state index in [2.05, 4.69) is 0 Å². The van der Waals surface area contributed by atoms with Crippen LogP contribution in [0.25, 0.3) is 0 Å². The van der Waals surface area contributed by atoms with Gasteiger partial charge in [-0.3, -0.25) is 0 Å². The highest BCUT2D eigenvalue weighted by Gasteiger charge is 2.15. The summed E-state index contributed by atoms with van der Waals surface area (Å²) in [5.74, 6) is 0.744. The molecule has 3 nitrogen and oxygen atoms in total. The fraction of sp³-hybridized carbons (Fsp3) is 0.500. The Morgan fingerprint density at radius 2 is 1.80 bits per heavy atom. The zero-order valence-electron chi connectivity index (χ0n) is 9.61. The zero-order chi connectivity index (χ0) is 11.6. The fourth-order valence-electron chi connectivity index (χ4n) is 1.52. The average Bonchev–Trinajstić information content (AvgIpc) is 2.16. The van der Waals surface area contributed by atoms with Gasteiger partial charge in [0.05, 0.1) is 13.2 Å². The van der Waals surface area contributed by atoms with Crippen LogP contribution in [-0.2, 0) is 0 Å². The van der Waals surface area contributed by atoms with Gasteiger partial charge in [0.2, 0.25) is 0 Å². The van der Waals surface area contributed by atoms with Crippen molar-refractivity contribution in [3.63, 3.8) is 0 Å². The van der Waals surface area contributed by atoms with Crippen LogP contribution in [-0.4, -0.2) is 17.3 Å². The van der Waals surface area contributed by atoms with Crippen molar-refractivity contribution in [2.24, 2.45) is 0 Å². The van der Waals surface area contributed by atoms with Crippen molar-refractivity contribution in [3.05, 3.63) is 23.3 Å². The molecule has 0 saturated heterocycles. The van der Waals surface area contributed by atoms with Crippen LogP contribution in [0.3, 0.4) is 0 Å². The standard InChI is InChI=1S/C12H18O3/c1-7(2)9-5-10(8(3)13)12(15-4)11(14)6-9/h5-8,13-14H,1-4H3. The third-order valence-electron chi connectivity index (χ3n) is 2.44. The number of rotatable bonds is 3. The van der Waals surface area contributed by atoms with Crippen molar-refractivity contribution in [3.8, 4) is 11.5 Å². The lowest BCUT2D eigenvalue weighted by Gasteiger charge is -2.16. The van der Waals surface area contributed by atoms with E-state index in [-0.39, 0.29) is 5.75 Å². The number of aliphatic hydroxyl groups excluding tert-OH is 1. The maximum Gasteiger partial charge on any atom is 0.166 e. The molecule has 3 heteroatoms. The second kappa shape index (κ2) is 4.53. The third kappa shape index (κ3) is 2.42. The zero-order valence-corrected chi connectivity index (χ0v) is 9.61. The molecule has 2 N–H and O–H groups in total. The summed E-state index contributed by atoms with van der Waals surface area (Å²) in [7, 11) is 1.48. The van der Waals surface area contributed by atoms with Crippen molar-refractivity contribution in [2.45, 2.75) is 32.8 Å². The van der Waals surface area contributed by atoms with E-state index in [1.54, 1.807) is 13.0 Å². The normalized spacial score (nSPS) is 12.9. The monoisotopic (exact) mass is 210 g/mol. The number of aliphatic hydroxyl groups is 1. The van der Waals surface area contributed by atoms with Crippen LogP contribution in [0.15, 0.2) is 12.1 Å². The van der Waals surface area contributed by atoms with Crippen LogP contribution in [0.5, 0.6) is 11.5 Å². The van der Waals surface area contributed by atoms with E-state index >= 15 is 0 Å². The number of benzene rings is 1. The average molecular weight is 210 g/mol. The maximum absolute atomic E-state index is 9.73. The molecule has 0 radical (unpaired) electrons. The van der Waals surface area contributed by atoms with Crippen LogP contribution >= 0.6 is 0 Å². The van der Waals surface area contributed by atoms with Gasteiger partial charge in [-0.15, -0.1) is 0 Å². The summed E-state index contributed by atoms with van der Waals surface area (Å²) in [4.78, 5) is 0. The second-order valence-corrected chi connectivity index (χ2v) is 3.99. The maximum atomic E-state index is 9.73. The van der Waals surface area contributed by atoms with Crippen LogP contribution in [0.1, 0.15) is 43.9 Å². The molecule has 0 fully saturated rings. The highest BCUT2D eigenvalue weighted by Crippen LogP contribution is 2.37. The molecule has 15 heavy (non-hydrogen) atoms. The Morgan fingerprint density at radius 3 is 2.20 bits per heavy atom. The molecular formula is C12H18O3. The summed E-state index contributed by atoms with van der Waals surface area (Å²) in [5.41, 5.74) is 1.62. The molecule has 0 aliphatic carbocycles. The highest BCUT2D eigenvalue weighted by molar-refractivity contribution is 5.50. The third-order valence-corrected chi connectivity index (χ3v) is 2.44. The number of aromatic hydroxyl groups is 1. The summed E-state index contributed by atoms with van der Waals surface area (Å²) < 4.78 is 5.06. The van der Waals surface area contributed by atoms with Gasteiger partial charge in [0.25, 0.3) is 0 Å². The molecule has 0 amide bonds. The van der Waals surface area contributed by atoms with Gasteiger partial charge in [-0.1, -0.05) is 13.8 Å². The molecule has 0 saturated carbocycles. The first kappa shape index (κ1) is 11.9. The first-order valence-electron chi connectivity index (χ1n) is 5.06. The fourth-order valence-corrected chi connectivity index (χ4v) is 1.52. The Hall–Kier alpha value is -1.22. The number of hydrogen-bond acceptors (Lipinski definition) is 3. The molecule has 0 aliphatic rings. The number of hydrogen-bond donors (Lipinski definition) is 2. The van der Waals surface area contributed by atoms with Crippen molar-refractivity contribution in [1.29, 1.82) is 0 Å². The Balaban J connectivity index is 3.32. The van der Waals surface area contributed by atoms with Gasteiger partial charge in [0, 0.05) is 5.56 Å². The van der Waals surface area contributed by atoms with Crippen LogP contribution in [0.4, 0.5) is 0 Å². The molecule has 1 aromatic rings. The predicted octanol–water partition coefficient (Wildman–Crippen LogP) is 2.58. The van der Waals surface area contributed by atoms with E-state index in [1.165, 1.54) is 7.11 Å². The predicted molar refractivity (Wildman–Crippen MR) is 59.4 cm³/mol. The second-order valence-electron chi connectivity index (χ2n) is 3.99. The molecular weight excluding hydrogens is 192 g/mol. The lowest BCUT2D eigenvalue weighted by atomic mass is 9.97.